The minimum Gasteiger partial charge on any atom is -0.465 e. The normalized spacial score (nSPS) is 27.8. The molecule has 1 saturated carbocycles. The van der Waals surface area contributed by atoms with Crippen LogP contribution in [0, 0.1) is 6.92 Å². The summed E-state index contributed by atoms with van der Waals surface area (Å²) in [5, 5.41) is 2.76. The van der Waals surface area contributed by atoms with Gasteiger partial charge in [0.15, 0.2) is 0 Å². The van der Waals surface area contributed by atoms with Crippen LogP contribution in [0.1, 0.15) is 25.0 Å². The Morgan fingerprint density at radius 1 is 1.62 bits per heavy atom. The zero-order valence-corrected chi connectivity index (χ0v) is 8.51. The molecule has 2 atom stereocenters. The Hall–Kier alpha value is -0.610. The predicted molar refractivity (Wildman–Crippen MR) is 53.1 cm³/mol. The van der Waals surface area contributed by atoms with Crippen molar-refractivity contribution >= 4 is 11.3 Å². The molecule has 0 saturated heterocycles. The van der Waals surface area contributed by atoms with E-state index in [1.165, 1.54) is 6.42 Å². The number of thiazole rings is 1. The molecule has 3 nitrogen and oxygen atoms in total. The first-order valence-electron chi connectivity index (χ1n) is 4.60. The molecule has 0 aromatic carbocycles. The van der Waals surface area contributed by atoms with Gasteiger partial charge in [0, 0.05) is 11.4 Å². The summed E-state index contributed by atoms with van der Waals surface area (Å²) in [4.78, 5) is 4.25. The van der Waals surface area contributed by atoms with Crippen molar-refractivity contribution in [2.24, 2.45) is 5.73 Å². The maximum absolute atomic E-state index is 5.89. The van der Waals surface area contributed by atoms with Crippen LogP contribution in [0.4, 0.5) is 0 Å². The predicted octanol–water partition coefficient (Wildman–Crippen LogP) is 1.71. The second-order valence-electron chi connectivity index (χ2n) is 3.51. The van der Waals surface area contributed by atoms with Crippen molar-refractivity contribution in [3.05, 3.63) is 11.1 Å². The third-order valence-corrected chi connectivity index (χ3v) is 3.20. The minimum absolute atomic E-state index is 0.186. The van der Waals surface area contributed by atoms with Crippen LogP contribution in [0.15, 0.2) is 5.38 Å². The molecule has 1 heterocycles. The minimum atomic E-state index is 0.186. The molecule has 0 bridgehead atoms. The van der Waals surface area contributed by atoms with Crippen molar-refractivity contribution in [2.45, 2.75) is 38.3 Å². The van der Waals surface area contributed by atoms with Crippen LogP contribution in [0.3, 0.4) is 0 Å². The highest BCUT2D eigenvalue weighted by molar-refractivity contribution is 7.11. The average Bonchev–Trinajstić information content (AvgIpc) is 2.64. The Balaban J connectivity index is 1.97. The second kappa shape index (κ2) is 3.64. The molecule has 0 amide bonds. The van der Waals surface area contributed by atoms with E-state index in [1.807, 2.05) is 12.3 Å². The molecule has 0 radical (unpaired) electrons. The topological polar surface area (TPSA) is 48.1 Å². The van der Waals surface area contributed by atoms with Crippen LogP contribution in [0.25, 0.3) is 0 Å². The fourth-order valence-corrected chi connectivity index (χ4v) is 2.32. The highest BCUT2D eigenvalue weighted by Crippen LogP contribution is 2.25. The first kappa shape index (κ1) is 8.97. The first-order chi connectivity index (χ1) is 6.25. The number of aromatic nitrogens is 1. The number of ether oxygens (including phenoxy) is 1. The van der Waals surface area contributed by atoms with Crippen LogP contribution in [-0.2, 0) is 0 Å². The number of nitrogens with zero attached hydrogens (tertiary/aromatic N) is 1. The molecule has 2 N–H and O–H groups in total. The largest absolute Gasteiger partial charge is 0.465 e. The molecule has 1 aromatic heterocycles. The summed E-state index contributed by atoms with van der Waals surface area (Å²) in [6, 6.07) is 0.198. The molecule has 2 rings (SSSR count). The van der Waals surface area contributed by atoms with E-state index in [-0.39, 0.29) is 12.1 Å². The smallest absolute Gasteiger partial charge is 0.273 e. The lowest BCUT2D eigenvalue weighted by Gasteiger charge is -2.14. The van der Waals surface area contributed by atoms with Gasteiger partial charge in [0.2, 0.25) is 0 Å². The number of rotatable bonds is 2. The molecule has 4 heteroatoms. The van der Waals surface area contributed by atoms with Gasteiger partial charge in [0.25, 0.3) is 5.19 Å². The quantitative estimate of drug-likeness (QED) is 0.787. The fraction of sp³-hybridized carbons (Fsp3) is 0.667. The first-order valence-corrected chi connectivity index (χ1v) is 5.48. The van der Waals surface area contributed by atoms with Crippen LogP contribution in [0.5, 0.6) is 5.19 Å². The molecule has 13 heavy (non-hydrogen) atoms. The Morgan fingerprint density at radius 2 is 2.46 bits per heavy atom. The summed E-state index contributed by atoms with van der Waals surface area (Å²) in [6.45, 7) is 1.97. The Kier molecular flexibility index (Phi) is 2.51. The van der Waals surface area contributed by atoms with Crippen molar-refractivity contribution < 1.29 is 4.74 Å². The number of nitrogens with two attached hydrogens (primary N) is 1. The van der Waals surface area contributed by atoms with E-state index in [0.717, 1.165) is 23.7 Å². The van der Waals surface area contributed by atoms with Gasteiger partial charge in [-0.15, -0.1) is 0 Å². The summed E-state index contributed by atoms with van der Waals surface area (Å²) in [7, 11) is 0. The molecule has 1 aliphatic carbocycles. The molecule has 72 valence electrons. The van der Waals surface area contributed by atoms with E-state index >= 15 is 0 Å². The Labute approximate surface area is 81.9 Å². The summed E-state index contributed by atoms with van der Waals surface area (Å²) >= 11 is 1.55. The van der Waals surface area contributed by atoms with Crippen molar-refractivity contribution in [3.63, 3.8) is 0 Å². The lowest BCUT2D eigenvalue weighted by Crippen LogP contribution is -2.33. The zero-order chi connectivity index (χ0) is 9.26. The van der Waals surface area contributed by atoms with Gasteiger partial charge >= 0.3 is 0 Å². The van der Waals surface area contributed by atoms with E-state index in [4.69, 9.17) is 10.5 Å². The molecular weight excluding hydrogens is 184 g/mol. The third kappa shape index (κ3) is 2.00. The Bertz CT molecular complexity index is 287. The standard InChI is InChI=1S/C9H14N2OS/c1-6-5-13-9(11-6)12-8-4-2-3-7(8)10/h5,7-8H,2-4,10H2,1H3. The molecule has 2 unspecified atom stereocenters. The molecule has 0 spiro atoms. The fourth-order valence-electron chi connectivity index (χ4n) is 1.62. The van der Waals surface area contributed by atoms with Gasteiger partial charge in [-0.05, 0) is 26.2 Å². The van der Waals surface area contributed by atoms with Gasteiger partial charge in [-0.3, -0.25) is 0 Å². The lowest BCUT2D eigenvalue weighted by atomic mass is 10.2. The van der Waals surface area contributed by atoms with Gasteiger partial charge in [-0.1, -0.05) is 11.3 Å². The highest BCUT2D eigenvalue weighted by atomic mass is 32.1. The summed E-state index contributed by atoms with van der Waals surface area (Å²) < 4.78 is 5.69. The molecule has 1 aliphatic rings. The monoisotopic (exact) mass is 198 g/mol. The highest BCUT2D eigenvalue weighted by Gasteiger charge is 2.26. The van der Waals surface area contributed by atoms with Gasteiger partial charge in [-0.2, -0.15) is 0 Å². The van der Waals surface area contributed by atoms with Gasteiger partial charge < -0.3 is 10.5 Å². The number of aryl methyl sites for hydroxylation is 1. The summed E-state index contributed by atoms with van der Waals surface area (Å²) in [5.74, 6) is 0. The number of hydrogen-bond acceptors (Lipinski definition) is 4. The summed E-state index contributed by atoms with van der Waals surface area (Å²) in [6.07, 6.45) is 3.51. The maximum atomic E-state index is 5.89. The maximum Gasteiger partial charge on any atom is 0.273 e. The molecule has 1 aromatic rings. The second-order valence-corrected chi connectivity index (χ2v) is 4.33. The third-order valence-electron chi connectivity index (χ3n) is 2.35. The van der Waals surface area contributed by atoms with Gasteiger partial charge in [0.05, 0.1) is 5.69 Å². The van der Waals surface area contributed by atoms with Crippen LogP contribution in [0.2, 0.25) is 0 Å². The van der Waals surface area contributed by atoms with Gasteiger partial charge in [0.1, 0.15) is 6.10 Å². The van der Waals surface area contributed by atoms with E-state index < -0.39 is 0 Å². The molecule has 1 fully saturated rings. The Morgan fingerprint density at radius 3 is 3.00 bits per heavy atom. The van der Waals surface area contributed by atoms with E-state index in [9.17, 15) is 0 Å². The number of hydrogen-bond donors (Lipinski definition) is 1. The van der Waals surface area contributed by atoms with Crippen molar-refractivity contribution in [3.8, 4) is 5.19 Å². The van der Waals surface area contributed by atoms with Crippen LogP contribution in [-0.4, -0.2) is 17.1 Å². The van der Waals surface area contributed by atoms with Crippen LogP contribution < -0.4 is 10.5 Å². The van der Waals surface area contributed by atoms with Crippen molar-refractivity contribution in [2.75, 3.05) is 0 Å². The van der Waals surface area contributed by atoms with E-state index in [1.54, 1.807) is 11.3 Å². The SMILES string of the molecule is Cc1csc(OC2CCCC2N)n1. The van der Waals surface area contributed by atoms with E-state index in [0.29, 0.717) is 0 Å². The van der Waals surface area contributed by atoms with Crippen LogP contribution >= 0.6 is 11.3 Å². The molecular formula is C9H14N2OS. The van der Waals surface area contributed by atoms with Crippen molar-refractivity contribution in [1.29, 1.82) is 0 Å². The summed E-state index contributed by atoms with van der Waals surface area (Å²) in [5.41, 5.74) is 6.91. The average molecular weight is 198 g/mol. The zero-order valence-electron chi connectivity index (χ0n) is 7.69. The lowest BCUT2D eigenvalue weighted by molar-refractivity contribution is 0.190. The van der Waals surface area contributed by atoms with Gasteiger partial charge in [-0.25, -0.2) is 4.98 Å². The molecule has 0 aliphatic heterocycles. The van der Waals surface area contributed by atoms with E-state index in [2.05, 4.69) is 4.98 Å². The van der Waals surface area contributed by atoms with Crippen molar-refractivity contribution in [1.82, 2.24) is 4.98 Å².